The Kier molecular flexibility index (Phi) is 4.04. The molecule has 2 heterocycles. The second kappa shape index (κ2) is 6.20. The number of rotatable bonds is 3. The van der Waals surface area contributed by atoms with Crippen LogP contribution < -0.4 is 5.32 Å². The van der Waals surface area contributed by atoms with Crippen molar-refractivity contribution in [2.75, 3.05) is 11.9 Å². The average Bonchev–Trinajstić information content (AvgIpc) is 3.21. The molecule has 1 aliphatic heterocycles. The molecule has 0 atom stereocenters. The molecule has 1 saturated carbocycles. The van der Waals surface area contributed by atoms with Crippen LogP contribution in [0.2, 0.25) is 0 Å². The summed E-state index contributed by atoms with van der Waals surface area (Å²) >= 11 is 0. The first-order valence-electron chi connectivity index (χ1n) is 9.16. The molecule has 1 amide bonds. The summed E-state index contributed by atoms with van der Waals surface area (Å²) in [6.45, 7) is 6.89. The van der Waals surface area contributed by atoms with Gasteiger partial charge in [-0.25, -0.2) is 4.98 Å². The van der Waals surface area contributed by atoms with Gasteiger partial charge >= 0.3 is 0 Å². The molecule has 1 fully saturated rings. The third-order valence-corrected chi connectivity index (χ3v) is 5.42. The highest BCUT2D eigenvalue weighted by molar-refractivity contribution is 5.94. The first-order chi connectivity index (χ1) is 11.6. The van der Waals surface area contributed by atoms with Crippen LogP contribution in [-0.4, -0.2) is 32.9 Å². The number of nitrogens with zero attached hydrogens (tertiary/aromatic N) is 3. The Bertz CT molecular complexity index is 758. The van der Waals surface area contributed by atoms with Gasteiger partial charge in [0.25, 0.3) is 0 Å². The Morgan fingerprint density at radius 2 is 2.04 bits per heavy atom. The average molecular weight is 326 g/mol. The van der Waals surface area contributed by atoms with E-state index < -0.39 is 0 Å². The molecule has 1 aromatic carbocycles. The van der Waals surface area contributed by atoms with Crippen LogP contribution in [0.15, 0.2) is 18.2 Å². The lowest BCUT2D eigenvalue weighted by molar-refractivity contribution is -0.118. The van der Waals surface area contributed by atoms with E-state index in [1.807, 2.05) is 26.0 Å². The van der Waals surface area contributed by atoms with Gasteiger partial charge in [0.1, 0.15) is 5.82 Å². The quantitative estimate of drug-likeness (QED) is 0.940. The van der Waals surface area contributed by atoms with Crippen molar-refractivity contribution in [3.05, 3.63) is 24.0 Å². The lowest BCUT2D eigenvalue weighted by Gasteiger charge is -2.32. The largest absolute Gasteiger partial charge is 0.326 e. The van der Waals surface area contributed by atoms with Gasteiger partial charge in [0, 0.05) is 30.7 Å². The molecule has 128 valence electrons. The topological polar surface area (TPSA) is 50.2 Å². The molecule has 2 aromatic rings. The fourth-order valence-electron chi connectivity index (χ4n) is 3.98. The van der Waals surface area contributed by atoms with Crippen molar-refractivity contribution in [2.24, 2.45) is 5.92 Å². The van der Waals surface area contributed by atoms with Gasteiger partial charge in [-0.1, -0.05) is 26.7 Å². The summed E-state index contributed by atoms with van der Waals surface area (Å²) in [5, 5.41) is 2.97. The van der Waals surface area contributed by atoms with Crippen molar-refractivity contribution in [2.45, 2.75) is 58.7 Å². The maximum atomic E-state index is 11.9. The molecule has 0 saturated heterocycles. The standard InChI is InChI=1S/C19H26N4O/c1-13(2)19(24)20-14-7-8-17-16(11-14)21-18-12-22(9-10-23(17)18)15-5-3-4-6-15/h7-8,11,13,15H,3-6,9-10,12H2,1-2H3,(H,20,24). The van der Waals surface area contributed by atoms with Crippen molar-refractivity contribution in [3.63, 3.8) is 0 Å². The van der Waals surface area contributed by atoms with E-state index in [9.17, 15) is 4.79 Å². The van der Waals surface area contributed by atoms with Crippen LogP contribution in [0.3, 0.4) is 0 Å². The Hall–Kier alpha value is -1.88. The predicted octanol–water partition coefficient (Wildman–Crippen LogP) is 3.39. The van der Waals surface area contributed by atoms with E-state index in [-0.39, 0.29) is 11.8 Å². The summed E-state index contributed by atoms with van der Waals surface area (Å²) < 4.78 is 2.34. The molecule has 5 nitrogen and oxygen atoms in total. The fourth-order valence-corrected chi connectivity index (χ4v) is 3.98. The highest BCUT2D eigenvalue weighted by Crippen LogP contribution is 2.29. The number of benzene rings is 1. The normalized spacial score (nSPS) is 19.1. The maximum Gasteiger partial charge on any atom is 0.226 e. The molecule has 5 heteroatoms. The number of carbonyl (C=O) groups is 1. The molecule has 2 aliphatic rings. The molecular formula is C19H26N4O. The van der Waals surface area contributed by atoms with E-state index in [1.54, 1.807) is 0 Å². The molecule has 0 radical (unpaired) electrons. The molecule has 1 N–H and O–H groups in total. The zero-order chi connectivity index (χ0) is 16.7. The van der Waals surface area contributed by atoms with Gasteiger partial charge in [-0.3, -0.25) is 9.69 Å². The Morgan fingerprint density at radius 3 is 2.79 bits per heavy atom. The van der Waals surface area contributed by atoms with Crippen molar-refractivity contribution < 1.29 is 4.79 Å². The van der Waals surface area contributed by atoms with Crippen LogP contribution in [0.5, 0.6) is 0 Å². The van der Waals surface area contributed by atoms with E-state index in [0.29, 0.717) is 0 Å². The molecule has 4 rings (SSSR count). The third kappa shape index (κ3) is 2.81. The third-order valence-electron chi connectivity index (χ3n) is 5.42. The van der Waals surface area contributed by atoms with Crippen LogP contribution in [0.1, 0.15) is 45.4 Å². The molecule has 0 bridgehead atoms. The van der Waals surface area contributed by atoms with Crippen molar-refractivity contribution >= 4 is 22.6 Å². The van der Waals surface area contributed by atoms with Gasteiger partial charge in [-0.2, -0.15) is 0 Å². The minimum Gasteiger partial charge on any atom is -0.326 e. The predicted molar refractivity (Wildman–Crippen MR) is 95.9 cm³/mol. The van der Waals surface area contributed by atoms with Gasteiger partial charge < -0.3 is 9.88 Å². The second-order valence-corrected chi connectivity index (χ2v) is 7.44. The van der Waals surface area contributed by atoms with Gasteiger partial charge in [0.2, 0.25) is 5.91 Å². The lowest BCUT2D eigenvalue weighted by Crippen LogP contribution is -2.39. The van der Waals surface area contributed by atoms with E-state index in [1.165, 1.54) is 31.2 Å². The number of hydrogen-bond donors (Lipinski definition) is 1. The Labute approximate surface area is 143 Å². The molecule has 1 aliphatic carbocycles. The zero-order valence-corrected chi connectivity index (χ0v) is 14.6. The zero-order valence-electron chi connectivity index (χ0n) is 14.6. The highest BCUT2D eigenvalue weighted by Gasteiger charge is 2.27. The number of anilines is 1. The first kappa shape index (κ1) is 15.6. The maximum absolute atomic E-state index is 11.9. The van der Waals surface area contributed by atoms with Crippen LogP contribution in [0, 0.1) is 5.92 Å². The summed E-state index contributed by atoms with van der Waals surface area (Å²) in [6, 6.07) is 6.83. The van der Waals surface area contributed by atoms with Gasteiger partial charge in [0.05, 0.1) is 17.6 Å². The van der Waals surface area contributed by atoms with Gasteiger partial charge in [0.15, 0.2) is 0 Å². The number of nitrogens with one attached hydrogen (secondary N) is 1. The highest BCUT2D eigenvalue weighted by atomic mass is 16.1. The van der Waals surface area contributed by atoms with E-state index in [2.05, 4.69) is 20.9 Å². The smallest absolute Gasteiger partial charge is 0.226 e. The van der Waals surface area contributed by atoms with Gasteiger partial charge in [-0.05, 0) is 31.0 Å². The van der Waals surface area contributed by atoms with Gasteiger partial charge in [-0.15, -0.1) is 0 Å². The molecule has 24 heavy (non-hydrogen) atoms. The van der Waals surface area contributed by atoms with E-state index in [4.69, 9.17) is 4.98 Å². The lowest BCUT2D eigenvalue weighted by atomic mass is 10.2. The number of fused-ring (bicyclic) bond motifs is 3. The number of aromatic nitrogens is 2. The number of hydrogen-bond acceptors (Lipinski definition) is 3. The first-order valence-corrected chi connectivity index (χ1v) is 9.16. The van der Waals surface area contributed by atoms with Crippen molar-refractivity contribution in [1.82, 2.24) is 14.5 Å². The monoisotopic (exact) mass is 326 g/mol. The summed E-state index contributed by atoms with van der Waals surface area (Å²) in [7, 11) is 0. The van der Waals surface area contributed by atoms with Crippen molar-refractivity contribution in [1.29, 1.82) is 0 Å². The van der Waals surface area contributed by atoms with Crippen LogP contribution >= 0.6 is 0 Å². The molecular weight excluding hydrogens is 300 g/mol. The second-order valence-electron chi connectivity index (χ2n) is 7.44. The van der Waals surface area contributed by atoms with E-state index >= 15 is 0 Å². The van der Waals surface area contributed by atoms with Crippen LogP contribution in [0.25, 0.3) is 11.0 Å². The van der Waals surface area contributed by atoms with E-state index in [0.717, 1.165) is 42.7 Å². The minimum absolute atomic E-state index is 0.0177. The number of carbonyl (C=O) groups excluding carboxylic acids is 1. The number of amides is 1. The summed E-state index contributed by atoms with van der Waals surface area (Å²) in [6.07, 6.45) is 5.42. The fraction of sp³-hybridized carbons (Fsp3) is 0.579. The SMILES string of the molecule is CC(C)C(=O)Nc1ccc2c(c1)nc1n2CCN(C2CCCC2)C1. The molecule has 1 aromatic heterocycles. The van der Waals surface area contributed by atoms with Crippen molar-refractivity contribution in [3.8, 4) is 0 Å². The van der Waals surface area contributed by atoms with Crippen LogP contribution in [-0.2, 0) is 17.9 Å². The number of imidazole rings is 1. The summed E-state index contributed by atoms with van der Waals surface area (Å²) in [4.78, 5) is 19.4. The molecule has 0 unspecified atom stereocenters. The summed E-state index contributed by atoms with van der Waals surface area (Å²) in [5.74, 6) is 1.19. The Balaban J connectivity index is 1.58. The minimum atomic E-state index is -0.0177. The van der Waals surface area contributed by atoms with Crippen LogP contribution in [0.4, 0.5) is 5.69 Å². The Morgan fingerprint density at radius 1 is 1.25 bits per heavy atom. The summed E-state index contributed by atoms with van der Waals surface area (Å²) in [5.41, 5.74) is 3.00. The molecule has 0 spiro atoms.